The van der Waals surface area contributed by atoms with E-state index in [1.54, 1.807) is 0 Å². The molecule has 1 aromatic heterocycles. The van der Waals surface area contributed by atoms with Crippen LogP contribution in [-0.2, 0) is 13.0 Å². The number of nitrogens with one attached hydrogen (secondary N) is 1. The van der Waals surface area contributed by atoms with E-state index in [1.165, 1.54) is 18.6 Å². The quantitative estimate of drug-likeness (QED) is 0.881. The maximum Gasteiger partial charge on any atom is 0.406 e. The highest BCUT2D eigenvalue weighted by atomic mass is 19.4. The van der Waals surface area contributed by atoms with Crippen molar-refractivity contribution in [3.8, 4) is 0 Å². The van der Waals surface area contributed by atoms with Gasteiger partial charge >= 0.3 is 12.2 Å². The largest absolute Gasteiger partial charge is 0.472 e. The van der Waals surface area contributed by atoms with Gasteiger partial charge in [0.15, 0.2) is 0 Å². The van der Waals surface area contributed by atoms with Crippen LogP contribution in [0.1, 0.15) is 11.1 Å². The van der Waals surface area contributed by atoms with Gasteiger partial charge in [-0.05, 0) is 18.1 Å². The van der Waals surface area contributed by atoms with E-state index in [0.29, 0.717) is 12.0 Å². The second-order valence-electron chi connectivity index (χ2n) is 5.07. The van der Waals surface area contributed by atoms with Gasteiger partial charge in [-0.25, -0.2) is 4.79 Å². The fraction of sp³-hybridized carbons (Fsp3) is 0.312. The van der Waals surface area contributed by atoms with Crippen molar-refractivity contribution in [2.75, 3.05) is 13.1 Å². The molecule has 2 aromatic rings. The van der Waals surface area contributed by atoms with Gasteiger partial charge < -0.3 is 14.6 Å². The molecule has 124 valence electrons. The van der Waals surface area contributed by atoms with Crippen LogP contribution in [0, 0.1) is 0 Å². The molecular weight excluding hydrogens is 309 g/mol. The molecular formula is C16H17F3N2O2. The first-order valence-electron chi connectivity index (χ1n) is 7.08. The molecule has 0 aliphatic heterocycles. The van der Waals surface area contributed by atoms with E-state index in [9.17, 15) is 18.0 Å². The van der Waals surface area contributed by atoms with E-state index in [-0.39, 0.29) is 13.1 Å². The number of nitrogens with zero attached hydrogens (tertiary/aromatic N) is 1. The Morgan fingerprint density at radius 1 is 1.13 bits per heavy atom. The Morgan fingerprint density at radius 3 is 2.48 bits per heavy atom. The number of rotatable bonds is 6. The SMILES string of the molecule is O=C(NCCc1ccccc1)N(Cc1ccoc1)CC(F)(F)F. The van der Waals surface area contributed by atoms with Crippen LogP contribution in [-0.4, -0.2) is 30.2 Å². The van der Waals surface area contributed by atoms with Crippen molar-refractivity contribution in [1.29, 1.82) is 0 Å². The lowest BCUT2D eigenvalue weighted by molar-refractivity contribution is -0.140. The minimum Gasteiger partial charge on any atom is -0.472 e. The van der Waals surface area contributed by atoms with Gasteiger partial charge in [0.05, 0.1) is 19.1 Å². The van der Waals surface area contributed by atoms with E-state index in [0.717, 1.165) is 10.5 Å². The third-order valence-electron chi connectivity index (χ3n) is 3.14. The van der Waals surface area contributed by atoms with E-state index in [4.69, 9.17) is 4.42 Å². The molecule has 2 rings (SSSR count). The first kappa shape index (κ1) is 16.9. The van der Waals surface area contributed by atoms with Crippen molar-refractivity contribution >= 4 is 6.03 Å². The lowest BCUT2D eigenvalue weighted by Crippen LogP contribution is -2.44. The van der Waals surface area contributed by atoms with Crippen LogP contribution >= 0.6 is 0 Å². The molecule has 7 heteroatoms. The number of benzene rings is 1. The van der Waals surface area contributed by atoms with Crippen molar-refractivity contribution in [1.82, 2.24) is 10.2 Å². The molecule has 2 amide bonds. The number of carbonyl (C=O) groups is 1. The predicted octanol–water partition coefficient (Wildman–Crippen LogP) is 3.60. The highest BCUT2D eigenvalue weighted by Crippen LogP contribution is 2.18. The first-order chi connectivity index (χ1) is 10.9. The van der Waals surface area contributed by atoms with E-state index in [2.05, 4.69) is 5.32 Å². The first-order valence-corrected chi connectivity index (χ1v) is 7.08. The molecule has 1 aromatic carbocycles. The van der Waals surface area contributed by atoms with Crippen molar-refractivity contribution < 1.29 is 22.4 Å². The summed E-state index contributed by atoms with van der Waals surface area (Å²) in [5.41, 5.74) is 1.51. The number of halogens is 3. The third kappa shape index (κ3) is 6.06. The Labute approximate surface area is 131 Å². The van der Waals surface area contributed by atoms with E-state index < -0.39 is 18.8 Å². The Morgan fingerprint density at radius 2 is 1.87 bits per heavy atom. The third-order valence-corrected chi connectivity index (χ3v) is 3.14. The zero-order valence-corrected chi connectivity index (χ0v) is 12.3. The number of hydrogen-bond donors (Lipinski definition) is 1. The van der Waals surface area contributed by atoms with Crippen LogP contribution in [0.25, 0.3) is 0 Å². The van der Waals surface area contributed by atoms with Gasteiger partial charge in [0.1, 0.15) is 6.54 Å². The normalized spacial score (nSPS) is 11.3. The van der Waals surface area contributed by atoms with E-state index in [1.807, 2.05) is 30.3 Å². The van der Waals surface area contributed by atoms with Gasteiger partial charge in [0.2, 0.25) is 0 Å². The molecule has 0 unspecified atom stereocenters. The number of amides is 2. The summed E-state index contributed by atoms with van der Waals surface area (Å²) >= 11 is 0. The molecule has 0 aliphatic rings. The van der Waals surface area contributed by atoms with E-state index >= 15 is 0 Å². The highest BCUT2D eigenvalue weighted by Gasteiger charge is 2.33. The van der Waals surface area contributed by atoms with Gasteiger partial charge in [-0.15, -0.1) is 0 Å². The number of urea groups is 1. The van der Waals surface area contributed by atoms with Gasteiger partial charge in [-0.3, -0.25) is 0 Å². The summed E-state index contributed by atoms with van der Waals surface area (Å²) in [5, 5.41) is 2.52. The van der Waals surface area contributed by atoms with Crippen LogP contribution in [0.5, 0.6) is 0 Å². The van der Waals surface area contributed by atoms with Crippen LogP contribution in [0.3, 0.4) is 0 Å². The van der Waals surface area contributed by atoms with Crippen LogP contribution in [0.4, 0.5) is 18.0 Å². The lowest BCUT2D eigenvalue weighted by Gasteiger charge is -2.23. The molecule has 0 atom stereocenters. The summed E-state index contributed by atoms with van der Waals surface area (Å²) in [6, 6.07) is 10.2. The molecule has 4 nitrogen and oxygen atoms in total. The molecule has 23 heavy (non-hydrogen) atoms. The average Bonchev–Trinajstić information content (AvgIpc) is 2.99. The molecule has 0 fully saturated rings. The molecule has 0 saturated heterocycles. The Hall–Kier alpha value is -2.44. The number of furan rings is 1. The zero-order chi connectivity index (χ0) is 16.7. The van der Waals surface area contributed by atoms with Crippen molar-refractivity contribution in [2.24, 2.45) is 0 Å². The summed E-state index contributed by atoms with van der Waals surface area (Å²) in [7, 11) is 0. The minimum atomic E-state index is -4.46. The van der Waals surface area contributed by atoms with Crippen molar-refractivity contribution in [3.63, 3.8) is 0 Å². The molecule has 0 saturated carbocycles. The second-order valence-corrected chi connectivity index (χ2v) is 5.07. The van der Waals surface area contributed by atoms with Gasteiger partial charge in [0, 0.05) is 12.1 Å². The second kappa shape index (κ2) is 7.71. The molecule has 0 spiro atoms. The molecule has 1 heterocycles. The summed E-state index contributed by atoms with van der Waals surface area (Å²) in [4.78, 5) is 12.7. The Bertz CT molecular complexity index is 598. The van der Waals surface area contributed by atoms with Crippen LogP contribution in [0.2, 0.25) is 0 Å². The summed E-state index contributed by atoms with van der Waals surface area (Å²) in [5.74, 6) is 0. The fourth-order valence-electron chi connectivity index (χ4n) is 2.09. The zero-order valence-electron chi connectivity index (χ0n) is 12.3. The molecule has 0 radical (unpaired) electrons. The molecule has 0 aliphatic carbocycles. The highest BCUT2D eigenvalue weighted by molar-refractivity contribution is 5.74. The van der Waals surface area contributed by atoms with Crippen molar-refractivity contribution in [2.45, 2.75) is 19.1 Å². The van der Waals surface area contributed by atoms with Crippen molar-refractivity contribution in [3.05, 3.63) is 60.1 Å². The molecule has 0 bridgehead atoms. The monoisotopic (exact) mass is 326 g/mol. The molecule has 1 N–H and O–H groups in total. The number of carbonyl (C=O) groups excluding carboxylic acids is 1. The number of hydrogen-bond acceptors (Lipinski definition) is 2. The maximum absolute atomic E-state index is 12.6. The standard InChI is InChI=1S/C16H17F3N2O2/c17-16(18,19)12-21(10-14-7-9-23-11-14)15(22)20-8-6-13-4-2-1-3-5-13/h1-5,7,9,11H,6,8,10,12H2,(H,20,22). The average molecular weight is 326 g/mol. The maximum atomic E-state index is 12.6. The number of alkyl halides is 3. The summed E-state index contributed by atoms with van der Waals surface area (Å²) in [6.45, 7) is -1.20. The Kier molecular flexibility index (Phi) is 5.67. The summed E-state index contributed by atoms with van der Waals surface area (Å²) < 4.78 is 42.7. The topological polar surface area (TPSA) is 45.5 Å². The smallest absolute Gasteiger partial charge is 0.406 e. The Balaban J connectivity index is 1.90. The van der Waals surface area contributed by atoms with Gasteiger partial charge in [0.25, 0.3) is 0 Å². The van der Waals surface area contributed by atoms with Crippen LogP contribution < -0.4 is 5.32 Å². The van der Waals surface area contributed by atoms with Gasteiger partial charge in [-0.1, -0.05) is 30.3 Å². The van der Waals surface area contributed by atoms with Gasteiger partial charge in [-0.2, -0.15) is 13.2 Å². The minimum absolute atomic E-state index is 0.160. The lowest BCUT2D eigenvalue weighted by atomic mass is 10.1. The summed E-state index contributed by atoms with van der Waals surface area (Å²) in [6.07, 6.45) is -1.23. The fourth-order valence-corrected chi connectivity index (χ4v) is 2.09. The van der Waals surface area contributed by atoms with Crippen LogP contribution in [0.15, 0.2) is 53.3 Å². The predicted molar refractivity (Wildman–Crippen MR) is 78.7 cm³/mol.